The second kappa shape index (κ2) is 9.08. The summed E-state index contributed by atoms with van der Waals surface area (Å²) in [6, 6.07) is 18.0. The Balaban J connectivity index is 1.42. The van der Waals surface area contributed by atoms with E-state index in [1.807, 2.05) is 78.0 Å². The van der Waals surface area contributed by atoms with Crippen LogP contribution in [0.4, 0.5) is 5.69 Å². The van der Waals surface area contributed by atoms with Crippen molar-refractivity contribution in [2.75, 3.05) is 38.2 Å². The average Bonchev–Trinajstić information content (AvgIpc) is 3.11. The molecule has 0 unspecified atom stereocenters. The van der Waals surface area contributed by atoms with Gasteiger partial charge in [-0.15, -0.1) is 0 Å². The highest BCUT2D eigenvalue weighted by molar-refractivity contribution is 5.92. The van der Waals surface area contributed by atoms with Gasteiger partial charge in [0.25, 0.3) is 0 Å². The van der Waals surface area contributed by atoms with Crippen molar-refractivity contribution in [2.24, 2.45) is 0 Å². The van der Waals surface area contributed by atoms with Gasteiger partial charge in [-0.3, -0.25) is 4.79 Å². The Morgan fingerprint density at radius 3 is 2.35 bits per heavy atom. The van der Waals surface area contributed by atoms with Crippen LogP contribution in [0.2, 0.25) is 0 Å². The molecule has 6 nitrogen and oxygen atoms in total. The number of aryl methyl sites for hydroxylation is 1. The number of carbonyl (C=O) groups is 1. The van der Waals surface area contributed by atoms with Crippen molar-refractivity contribution in [3.05, 3.63) is 77.6 Å². The molecule has 160 valence electrons. The molecule has 1 aromatic heterocycles. The molecular weight excluding hydrogens is 388 g/mol. The summed E-state index contributed by atoms with van der Waals surface area (Å²) in [6.45, 7) is 6.94. The van der Waals surface area contributed by atoms with Crippen LogP contribution in [0.25, 0.3) is 11.8 Å². The van der Waals surface area contributed by atoms with Crippen molar-refractivity contribution in [3.63, 3.8) is 0 Å². The number of hydrogen-bond acceptors (Lipinski definition) is 4. The summed E-state index contributed by atoms with van der Waals surface area (Å²) < 4.78 is 7.40. The lowest BCUT2D eigenvalue weighted by Crippen LogP contribution is -2.48. The predicted octanol–water partition coefficient (Wildman–Crippen LogP) is 3.86. The predicted molar refractivity (Wildman–Crippen MR) is 124 cm³/mol. The molecule has 0 saturated carbocycles. The van der Waals surface area contributed by atoms with E-state index < -0.39 is 0 Å². The molecule has 0 bridgehead atoms. The highest BCUT2D eigenvalue weighted by Gasteiger charge is 2.22. The van der Waals surface area contributed by atoms with Crippen molar-refractivity contribution in [1.29, 1.82) is 0 Å². The number of rotatable bonds is 5. The third-order valence-corrected chi connectivity index (χ3v) is 5.76. The number of nitrogens with zero attached hydrogens (tertiary/aromatic N) is 4. The summed E-state index contributed by atoms with van der Waals surface area (Å²) in [6.07, 6.45) is 3.57. The minimum Gasteiger partial charge on any atom is -0.495 e. The largest absolute Gasteiger partial charge is 0.495 e. The van der Waals surface area contributed by atoms with Gasteiger partial charge >= 0.3 is 0 Å². The standard InChI is InChI=1S/C25H28N4O2/c1-19-22(20(2)29(26-19)21-9-5-4-6-10-21)13-14-25(30)28-17-15-27(16-18-28)23-11-7-8-12-24(23)31-3/h4-14H,15-18H2,1-3H3/b14-13+. The fourth-order valence-corrected chi connectivity index (χ4v) is 4.04. The lowest BCUT2D eigenvalue weighted by molar-refractivity contribution is -0.126. The minimum atomic E-state index is 0.0333. The van der Waals surface area contributed by atoms with Crippen molar-refractivity contribution in [2.45, 2.75) is 13.8 Å². The third-order valence-electron chi connectivity index (χ3n) is 5.76. The van der Waals surface area contributed by atoms with Crippen LogP contribution in [0.15, 0.2) is 60.7 Å². The molecular formula is C25H28N4O2. The number of benzene rings is 2. The van der Waals surface area contributed by atoms with E-state index in [0.717, 1.165) is 47.2 Å². The molecule has 0 spiro atoms. The fraction of sp³-hybridized carbons (Fsp3) is 0.280. The maximum absolute atomic E-state index is 12.8. The van der Waals surface area contributed by atoms with Crippen LogP contribution in [-0.4, -0.2) is 53.9 Å². The highest BCUT2D eigenvalue weighted by Crippen LogP contribution is 2.28. The zero-order chi connectivity index (χ0) is 21.8. The van der Waals surface area contributed by atoms with Gasteiger partial charge in [0.15, 0.2) is 0 Å². The maximum atomic E-state index is 12.8. The molecule has 0 radical (unpaired) electrons. The van der Waals surface area contributed by atoms with Gasteiger partial charge in [0, 0.05) is 43.5 Å². The Bertz CT molecular complexity index is 1080. The van der Waals surface area contributed by atoms with E-state index in [9.17, 15) is 4.79 Å². The normalized spacial score (nSPS) is 14.3. The Kier molecular flexibility index (Phi) is 6.07. The topological polar surface area (TPSA) is 50.6 Å². The minimum absolute atomic E-state index is 0.0333. The molecule has 0 atom stereocenters. The van der Waals surface area contributed by atoms with Crippen LogP contribution in [0.3, 0.4) is 0 Å². The van der Waals surface area contributed by atoms with Crippen LogP contribution >= 0.6 is 0 Å². The summed E-state index contributed by atoms with van der Waals surface area (Å²) in [7, 11) is 1.69. The third kappa shape index (κ3) is 4.33. The summed E-state index contributed by atoms with van der Waals surface area (Å²) in [5, 5.41) is 4.65. The number of hydrogen-bond donors (Lipinski definition) is 0. The van der Waals surface area contributed by atoms with Gasteiger partial charge in [-0.05, 0) is 44.2 Å². The molecule has 1 amide bonds. The van der Waals surface area contributed by atoms with E-state index in [4.69, 9.17) is 4.74 Å². The van der Waals surface area contributed by atoms with E-state index in [1.165, 1.54) is 0 Å². The second-order valence-corrected chi connectivity index (χ2v) is 7.65. The lowest BCUT2D eigenvalue weighted by atomic mass is 10.1. The Labute approximate surface area is 183 Å². The Hall–Kier alpha value is -3.54. The Morgan fingerprint density at radius 1 is 0.968 bits per heavy atom. The number of aromatic nitrogens is 2. The first-order valence-electron chi connectivity index (χ1n) is 10.5. The lowest BCUT2D eigenvalue weighted by Gasteiger charge is -2.36. The fourth-order valence-electron chi connectivity index (χ4n) is 4.04. The Morgan fingerprint density at radius 2 is 1.65 bits per heavy atom. The molecule has 0 N–H and O–H groups in total. The highest BCUT2D eigenvalue weighted by atomic mass is 16.5. The van der Waals surface area contributed by atoms with Gasteiger partial charge in [0.2, 0.25) is 5.91 Å². The zero-order valence-corrected chi connectivity index (χ0v) is 18.3. The van der Waals surface area contributed by atoms with Gasteiger partial charge in [0.1, 0.15) is 5.75 Å². The average molecular weight is 417 g/mol. The van der Waals surface area contributed by atoms with Crippen molar-refractivity contribution >= 4 is 17.7 Å². The number of anilines is 1. The molecule has 1 aliphatic rings. The molecule has 1 aliphatic heterocycles. The van der Waals surface area contributed by atoms with Crippen LogP contribution in [0, 0.1) is 13.8 Å². The van der Waals surface area contributed by atoms with Gasteiger partial charge in [-0.2, -0.15) is 5.10 Å². The smallest absolute Gasteiger partial charge is 0.246 e. The molecule has 4 rings (SSSR count). The molecule has 2 heterocycles. The number of methoxy groups -OCH3 is 1. The van der Waals surface area contributed by atoms with E-state index in [1.54, 1.807) is 13.2 Å². The summed E-state index contributed by atoms with van der Waals surface area (Å²) in [5.41, 5.74) is 5.01. The quantitative estimate of drug-likeness (QED) is 0.593. The SMILES string of the molecule is COc1ccccc1N1CCN(C(=O)/C=C/c2c(C)nn(-c3ccccc3)c2C)CC1. The molecule has 1 saturated heterocycles. The van der Waals surface area contributed by atoms with E-state index >= 15 is 0 Å². The monoisotopic (exact) mass is 416 g/mol. The summed E-state index contributed by atoms with van der Waals surface area (Å²) in [4.78, 5) is 17.0. The molecule has 31 heavy (non-hydrogen) atoms. The second-order valence-electron chi connectivity index (χ2n) is 7.65. The van der Waals surface area contributed by atoms with Crippen LogP contribution in [0.1, 0.15) is 17.0 Å². The van der Waals surface area contributed by atoms with Crippen LogP contribution in [-0.2, 0) is 4.79 Å². The van der Waals surface area contributed by atoms with Crippen LogP contribution in [0.5, 0.6) is 5.75 Å². The zero-order valence-electron chi connectivity index (χ0n) is 18.3. The van der Waals surface area contributed by atoms with Gasteiger partial charge < -0.3 is 14.5 Å². The van der Waals surface area contributed by atoms with Gasteiger partial charge in [-0.1, -0.05) is 30.3 Å². The molecule has 2 aromatic carbocycles. The van der Waals surface area contributed by atoms with Crippen molar-refractivity contribution in [3.8, 4) is 11.4 Å². The number of amides is 1. The summed E-state index contributed by atoms with van der Waals surface area (Å²) >= 11 is 0. The number of carbonyl (C=O) groups excluding carboxylic acids is 1. The van der Waals surface area contributed by atoms with E-state index in [0.29, 0.717) is 13.1 Å². The number of piperazine rings is 1. The molecule has 6 heteroatoms. The van der Waals surface area contributed by atoms with Gasteiger partial charge in [0.05, 0.1) is 24.2 Å². The first kappa shape index (κ1) is 20.7. The molecule has 1 fully saturated rings. The number of ether oxygens (including phenoxy) is 1. The van der Waals surface area contributed by atoms with Crippen molar-refractivity contribution in [1.82, 2.24) is 14.7 Å². The first-order valence-corrected chi connectivity index (χ1v) is 10.5. The number of para-hydroxylation sites is 3. The summed E-state index contributed by atoms with van der Waals surface area (Å²) in [5.74, 6) is 0.898. The maximum Gasteiger partial charge on any atom is 0.246 e. The van der Waals surface area contributed by atoms with Gasteiger partial charge in [-0.25, -0.2) is 4.68 Å². The van der Waals surface area contributed by atoms with Crippen LogP contribution < -0.4 is 9.64 Å². The van der Waals surface area contributed by atoms with E-state index in [2.05, 4.69) is 16.1 Å². The van der Waals surface area contributed by atoms with E-state index in [-0.39, 0.29) is 5.91 Å². The van der Waals surface area contributed by atoms with Crippen molar-refractivity contribution < 1.29 is 9.53 Å². The molecule has 0 aliphatic carbocycles. The first-order chi connectivity index (χ1) is 15.1. The molecule has 3 aromatic rings.